The minimum atomic E-state index is -1.11. The van der Waals surface area contributed by atoms with Crippen LogP contribution in [0.4, 0.5) is 0 Å². The van der Waals surface area contributed by atoms with E-state index in [1.807, 2.05) is 0 Å². The summed E-state index contributed by atoms with van der Waals surface area (Å²) in [6.07, 6.45) is 2.31. The van der Waals surface area contributed by atoms with E-state index in [1.54, 1.807) is 0 Å². The van der Waals surface area contributed by atoms with Gasteiger partial charge < -0.3 is 22.9 Å². The maximum Gasteiger partial charge on any atom is 2.00 e. The molecule has 1 heterocycles. The number of rotatable bonds is 1. The van der Waals surface area contributed by atoms with Gasteiger partial charge in [0.15, 0.2) is 0 Å². The van der Waals surface area contributed by atoms with Gasteiger partial charge in [0.05, 0.1) is 12.7 Å². The Morgan fingerprint density at radius 1 is 1.46 bits per heavy atom. The molecule has 1 rings (SSSR count). The Morgan fingerprint density at radius 2 is 1.92 bits per heavy atom. The van der Waals surface area contributed by atoms with Crippen molar-refractivity contribution in [1.29, 1.82) is 0 Å². The van der Waals surface area contributed by atoms with Gasteiger partial charge in [0, 0.05) is 6.61 Å². The molecule has 1 N–H and O–H groups in total. The van der Waals surface area contributed by atoms with Crippen LogP contribution >= 0.6 is 0 Å². The summed E-state index contributed by atoms with van der Waals surface area (Å²) in [5.74, 6) is 0. The molecular weight excluding hydrogens is 216 g/mol. The molecule has 1 aliphatic rings. The standard InChI is InChI=1S/C5H10O2.C4H10Si.Ti/c6-4-5-2-1-3-7-5;1-5(2,3)4;/h5-6H,1-4H2;1-2H2,3-4H3;/q;-2;+2. The molecule has 0 saturated carbocycles. The molecule has 1 saturated heterocycles. The van der Waals surface area contributed by atoms with Gasteiger partial charge in [-0.25, -0.2) is 0 Å². The normalized spacial score (nSPS) is 21.5. The van der Waals surface area contributed by atoms with Crippen LogP contribution in [0, 0.1) is 13.1 Å². The molecule has 0 amide bonds. The average Bonchev–Trinajstić information content (AvgIpc) is 2.33. The largest absolute Gasteiger partial charge is 2.00 e. The van der Waals surface area contributed by atoms with Crippen molar-refractivity contribution in [2.24, 2.45) is 0 Å². The van der Waals surface area contributed by atoms with Gasteiger partial charge in [-0.1, -0.05) is 0 Å². The summed E-state index contributed by atoms with van der Waals surface area (Å²) < 4.78 is 5.05. The van der Waals surface area contributed by atoms with Gasteiger partial charge in [-0.2, -0.15) is 0 Å². The summed E-state index contributed by atoms with van der Waals surface area (Å²) in [6, 6.07) is 0. The van der Waals surface area contributed by atoms with Gasteiger partial charge in [0.2, 0.25) is 0 Å². The van der Waals surface area contributed by atoms with E-state index in [4.69, 9.17) is 9.84 Å². The van der Waals surface area contributed by atoms with E-state index in [-0.39, 0.29) is 34.4 Å². The molecule has 1 unspecified atom stereocenters. The Labute approximate surface area is 98.0 Å². The number of hydrogen-bond acceptors (Lipinski definition) is 2. The molecule has 76 valence electrons. The van der Waals surface area contributed by atoms with E-state index in [2.05, 4.69) is 26.2 Å². The summed E-state index contributed by atoms with van der Waals surface area (Å²) in [5.41, 5.74) is 0. The van der Waals surface area contributed by atoms with Crippen molar-refractivity contribution in [1.82, 2.24) is 0 Å². The van der Waals surface area contributed by atoms with Gasteiger partial charge in [0.25, 0.3) is 0 Å². The zero-order valence-electron chi connectivity index (χ0n) is 8.68. The average molecular weight is 236 g/mol. The molecule has 0 spiro atoms. The van der Waals surface area contributed by atoms with Gasteiger partial charge in [-0.15, -0.1) is 13.1 Å². The second kappa shape index (κ2) is 8.18. The van der Waals surface area contributed by atoms with Crippen molar-refractivity contribution >= 4 is 8.07 Å². The number of aliphatic hydroxyl groups is 1. The van der Waals surface area contributed by atoms with Crippen LogP contribution in [-0.2, 0) is 26.5 Å². The summed E-state index contributed by atoms with van der Waals surface area (Å²) in [6.45, 7) is 12.8. The third-order valence-corrected chi connectivity index (χ3v) is 1.23. The minimum Gasteiger partial charge on any atom is -0.394 e. The SMILES string of the molecule is OCC1CCCO1.[CH2-][Si]([CH2-])(C)C.[Ti+2]. The Balaban J connectivity index is 0. The van der Waals surface area contributed by atoms with Crippen molar-refractivity contribution in [3.8, 4) is 0 Å². The summed E-state index contributed by atoms with van der Waals surface area (Å²) >= 11 is 0. The Bertz CT molecular complexity index is 103. The van der Waals surface area contributed by atoms with Gasteiger partial charge in [0.1, 0.15) is 0 Å². The molecule has 0 radical (unpaired) electrons. The molecule has 0 aromatic carbocycles. The Hall–Kier alpha value is 0.851. The predicted octanol–water partition coefficient (Wildman–Crippen LogP) is 1.60. The predicted molar refractivity (Wildman–Crippen MR) is 54.3 cm³/mol. The second-order valence-corrected chi connectivity index (χ2v) is 8.31. The van der Waals surface area contributed by atoms with Crippen molar-refractivity contribution < 1.29 is 31.6 Å². The van der Waals surface area contributed by atoms with Gasteiger partial charge >= 0.3 is 21.7 Å². The fourth-order valence-electron chi connectivity index (χ4n) is 0.788. The van der Waals surface area contributed by atoms with Crippen LogP contribution in [0.1, 0.15) is 12.8 Å². The number of ether oxygens (including phenoxy) is 1. The third kappa shape index (κ3) is 15.6. The molecule has 13 heavy (non-hydrogen) atoms. The first-order valence-electron chi connectivity index (χ1n) is 4.36. The first-order chi connectivity index (χ1) is 5.43. The first-order valence-corrected chi connectivity index (χ1v) is 7.78. The van der Waals surface area contributed by atoms with Crippen LogP contribution in [0.5, 0.6) is 0 Å². The molecule has 1 atom stereocenters. The van der Waals surface area contributed by atoms with Gasteiger partial charge in [-0.05, 0) is 12.8 Å². The fraction of sp³-hybridized carbons (Fsp3) is 0.778. The molecule has 0 bridgehead atoms. The fourth-order valence-corrected chi connectivity index (χ4v) is 0.788. The second-order valence-electron chi connectivity index (χ2n) is 3.98. The minimum absolute atomic E-state index is 0. The van der Waals surface area contributed by atoms with E-state index in [1.165, 1.54) is 0 Å². The Morgan fingerprint density at radius 3 is 2.08 bits per heavy atom. The number of aliphatic hydroxyl groups excluding tert-OH is 1. The van der Waals surface area contributed by atoms with E-state index >= 15 is 0 Å². The maximum atomic E-state index is 8.44. The van der Waals surface area contributed by atoms with E-state index < -0.39 is 8.07 Å². The molecule has 4 heteroatoms. The summed E-state index contributed by atoms with van der Waals surface area (Å²) in [4.78, 5) is 0. The molecule has 1 aliphatic heterocycles. The summed E-state index contributed by atoms with van der Waals surface area (Å²) in [7, 11) is -1.11. The van der Waals surface area contributed by atoms with Crippen LogP contribution in [0.2, 0.25) is 13.1 Å². The quantitative estimate of drug-likeness (QED) is 0.553. The molecule has 0 aliphatic carbocycles. The van der Waals surface area contributed by atoms with Crippen molar-refractivity contribution in [2.75, 3.05) is 13.2 Å². The first kappa shape index (κ1) is 16.3. The smallest absolute Gasteiger partial charge is 0.394 e. The van der Waals surface area contributed by atoms with Gasteiger partial charge in [-0.3, -0.25) is 8.07 Å². The maximum absolute atomic E-state index is 8.44. The van der Waals surface area contributed by atoms with Crippen LogP contribution in [0.3, 0.4) is 0 Å². The van der Waals surface area contributed by atoms with Crippen molar-refractivity contribution in [2.45, 2.75) is 32.0 Å². The third-order valence-electron chi connectivity index (χ3n) is 1.23. The van der Waals surface area contributed by atoms with Crippen LogP contribution in [0.15, 0.2) is 0 Å². The molecule has 2 nitrogen and oxygen atoms in total. The van der Waals surface area contributed by atoms with E-state index in [0.717, 1.165) is 19.4 Å². The molecule has 1 fully saturated rings. The molecular formula is C9H20O2SiTi. The number of hydrogen-bond donors (Lipinski definition) is 1. The monoisotopic (exact) mass is 236 g/mol. The van der Waals surface area contributed by atoms with E-state index in [9.17, 15) is 0 Å². The zero-order valence-corrected chi connectivity index (χ0v) is 11.2. The molecule has 0 aromatic heterocycles. The Kier molecular flexibility index (Phi) is 10.3. The van der Waals surface area contributed by atoms with Crippen molar-refractivity contribution in [3.05, 3.63) is 13.1 Å². The molecule has 0 aromatic rings. The topological polar surface area (TPSA) is 29.5 Å². The van der Waals surface area contributed by atoms with Crippen LogP contribution in [-0.4, -0.2) is 32.5 Å². The van der Waals surface area contributed by atoms with E-state index in [0.29, 0.717) is 0 Å². The van der Waals surface area contributed by atoms with Crippen LogP contribution in [0.25, 0.3) is 0 Å². The summed E-state index contributed by atoms with van der Waals surface area (Å²) in [5, 5.41) is 8.44. The zero-order chi connectivity index (χ0) is 9.61. The van der Waals surface area contributed by atoms with Crippen molar-refractivity contribution in [3.63, 3.8) is 0 Å². The van der Waals surface area contributed by atoms with Crippen LogP contribution < -0.4 is 0 Å².